The van der Waals surface area contributed by atoms with Gasteiger partial charge in [-0.25, -0.2) is 8.42 Å². The molecule has 2 aliphatic heterocycles. The second-order valence-electron chi connectivity index (χ2n) is 9.10. The minimum absolute atomic E-state index is 0.0424. The Morgan fingerprint density at radius 1 is 0.973 bits per heavy atom. The fourth-order valence-electron chi connectivity index (χ4n) is 4.82. The molecule has 37 heavy (non-hydrogen) atoms. The van der Waals surface area contributed by atoms with Crippen molar-refractivity contribution in [3.05, 3.63) is 65.2 Å². The van der Waals surface area contributed by atoms with E-state index in [4.69, 9.17) is 9.47 Å². The molecule has 2 aromatic rings. The number of carbonyl (C=O) groups excluding carboxylic acids is 2. The maximum Gasteiger partial charge on any atom is 0.295 e. The number of rotatable bonds is 9. The highest BCUT2D eigenvalue weighted by Crippen LogP contribution is 2.40. The Hall–Kier alpha value is -3.21. The molecule has 9 nitrogen and oxygen atoms in total. The predicted molar refractivity (Wildman–Crippen MR) is 138 cm³/mol. The number of ether oxygens (including phenoxy) is 2. The SMILES string of the molecule is COCCCN1C(=O)C(=O)/C(=C(/O)c2ccc(S(=O)(=O)N3CCCCC3)cc2)[C@H]1c1ccc(OC)cc1. The van der Waals surface area contributed by atoms with Crippen molar-refractivity contribution in [1.29, 1.82) is 0 Å². The van der Waals surface area contributed by atoms with Crippen LogP contribution in [0.25, 0.3) is 5.76 Å². The molecule has 1 N–H and O–H groups in total. The van der Waals surface area contributed by atoms with Crippen LogP contribution in [0.4, 0.5) is 0 Å². The number of amides is 1. The lowest BCUT2D eigenvalue weighted by molar-refractivity contribution is -0.140. The number of nitrogens with zero attached hydrogens (tertiary/aromatic N) is 2. The molecule has 10 heteroatoms. The normalized spacial score (nSPS) is 20.4. The number of methoxy groups -OCH3 is 2. The third-order valence-corrected chi connectivity index (χ3v) is 8.71. The summed E-state index contributed by atoms with van der Waals surface area (Å²) in [6, 6.07) is 11.9. The summed E-state index contributed by atoms with van der Waals surface area (Å²) in [6.45, 7) is 1.64. The van der Waals surface area contributed by atoms with E-state index in [0.29, 0.717) is 37.4 Å². The van der Waals surface area contributed by atoms with Crippen LogP contribution in [0.5, 0.6) is 5.75 Å². The van der Waals surface area contributed by atoms with E-state index in [1.165, 1.54) is 33.5 Å². The van der Waals surface area contributed by atoms with Crippen LogP contribution in [0.3, 0.4) is 0 Å². The lowest BCUT2D eigenvalue weighted by Crippen LogP contribution is -2.35. The van der Waals surface area contributed by atoms with Crippen LogP contribution in [0.1, 0.15) is 42.9 Å². The van der Waals surface area contributed by atoms with Crippen molar-refractivity contribution in [2.24, 2.45) is 0 Å². The highest BCUT2D eigenvalue weighted by molar-refractivity contribution is 7.89. The number of piperidine rings is 1. The van der Waals surface area contributed by atoms with E-state index in [-0.39, 0.29) is 28.3 Å². The highest BCUT2D eigenvalue weighted by atomic mass is 32.2. The average molecular weight is 529 g/mol. The first-order chi connectivity index (χ1) is 17.8. The van der Waals surface area contributed by atoms with Crippen molar-refractivity contribution in [2.45, 2.75) is 36.6 Å². The number of carbonyl (C=O) groups is 2. The van der Waals surface area contributed by atoms with Gasteiger partial charge in [-0.1, -0.05) is 18.6 Å². The third kappa shape index (κ3) is 5.41. The highest BCUT2D eigenvalue weighted by Gasteiger charge is 2.45. The zero-order valence-corrected chi connectivity index (χ0v) is 21.9. The molecule has 1 amide bonds. The fraction of sp³-hybridized carbons (Fsp3) is 0.407. The summed E-state index contributed by atoms with van der Waals surface area (Å²) in [5.74, 6) is -1.23. The molecule has 198 valence electrons. The number of sulfonamides is 1. The smallest absolute Gasteiger partial charge is 0.295 e. The van der Waals surface area contributed by atoms with Gasteiger partial charge < -0.3 is 19.5 Å². The topological polar surface area (TPSA) is 113 Å². The molecular weight excluding hydrogens is 496 g/mol. The molecule has 0 aromatic heterocycles. The summed E-state index contributed by atoms with van der Waals surface area (Å²) < 4.78 is 37.8. The molecule has 4 rings (SSSR count). The van der Waals surface area contributed by atoms with Crippen molar-refractivity contribution < 1.29 is 32.6 Å². The number of hydrogen-bond donors (Lipinski definition) is 1. The second-order valence-corrected chi connectivity index (χ2v) is 11.0. The van der Waals surface area contributed by atoms with Crippen molar-refractivity contribution in [3.8, 4) is 5.75 Å². The Morgan fingerprint density at radius 2 is 1.62 bits per heavy atom. The summed E-state index contributed by atoms with van der Waals surface area (Å²) in [7, 11) is -0.540. The molecule has 0 spiro atoms. The summed E-state index contributed by atoms with van der Waals surface area (Å²) in [4.78, 5) is 27.7. The Bertz CT molecular complexity index is 1260. The first kappa shape index (κ1) is 26.8. The molecule has 2 fully saturated rings. The molecule has 2 aliphatic rings. The van der Waals surface area contributed by atoms with E-state index < -0.39 is 27.8 Å². The van der Waals surface area contributed by atoms with E-state index >= 15 is 0 Å². The zero-order chi connectivity index (χ0) is 26.6. The Balaban J connectivity index is 1.72. The lowest BCUT2D eigenvalue weighted by atomic mass is 9.95. The van der Waals surface area contributed by atoms with Crippen molar-refractivity contribution in [2.75, 3.05) is 40.5 Å². The molecule has 2 aromatic carbocycles. The Labute approximate surface area is 217 Å². The van der Waals surface area contributed by atoms with E-state index in [2.05, 4.69) is 0 Å². The summed E-state index contributed by atoms with van der Waals surface area (Å²) in [6.07, 6.45) is 3.18. The van der Waals surface area contributed by atoms with Crippen molar-refractivity contribution in [3.63, 3.8) is 0 Å². The molecular formula is C27H32N2O7S. The standard InChI is InChI=1S/C27H32N2O7S/c1-35-18-6-17-29-24(19-7-11-21(36-2)12-8-19)23(26(31)27(29)32)25(30)20-9-13-22(14-10-20)37(33,34)28-15-4-3-5-16-28/h7-14,24,30H,3-6,15-18H2,1-2H3/b25-23+/t24-/m1/s1. The van der Waals surface area contributed by atoms with Crippen LogP contribution >= 0.6 is 0 Å². The predicted octanol–water partition coefficient (Wildman–Crippen LogP) is 3.33. The molecule has 0 saturated carbocycles. The number of ketones is 1. The lowest BCUT2D eigenvalue weighted by Gasteiger charge is -2.26. The van der Waals surface area contributed by atoms with Crippen LogP contribution in [0.15, 0.2) is 59.0 Å². The van der Waals surface area contributed by atoms with Gasteiger partial charge in [-0.3, -0.25) is 9.59 Å². The van der Waals surface area contributed by atoms with Crippen molar-refractivity contribution in [1.82, 2.24) is 9.21 Å². The van der Waals surface area contributed by atoms with Gasteiger partial charge >= 0.3 is 0 Å². The number of Topliss-reactive ketones (excluding diaryl/α,β-unsaturated/α-hetero) is 1. The van der Waals surface area contributed by atoms with Gasteiger partial charge in [-0.2, -0.15) is 4.31 Å². The minimum atomic E-state index is -3.64. The van der Waals surface area contributed by atoms with Crippen LogP contribution < -0.4 is 4.74 Å². The minimum Gasteiger partial charge on any atom is -0.507 e. The number of hydrogen-bond acceptors (Lipinski definition) is 7. The van der Waals surface area contributed by atoms with E-state index in [9.17, 15) is 23.1 Å². The molecule has 0 bridgehead atoms. The average Bonchev–Trinajstić information content (AvgIpc) is 3.18. The summed E-state index contributed by atoms with van der Waals surface area (Å²) >= 11 is 0. The second kappa shape index (κ2) is 11.5. The zero-order valence-electron chi connectivity index (χ0n) is 21.1. The van der Waals surface area contributed by atoms with Gasteiger partial charge in [0.1, 0.15) is 11.5 Å². The van der Waals surface area contributed by atoms with Crippen LogP contribution in [-0.2, 0) is 24.3 Å². The molecule has 0 radical (unpaired) electrons. The Morgan fingerprint density at radius 3 is 2.22 bits per heavy atom. The van der Waals surface area contributed by atoms with Gasteiger partial charge in [0.25, 0.3) is 11.7 Å². The van der Waals surface area contributed by atoms with E-state index in [0.717, 1.165) is 19.3 Å². The largest absolute Gasteiger partial charge is 0.507 e. The maximum absolute atomic E-state index is 13.1. The monoisotopic (exact) mass is 528 g/mol. The van der Waals surface area contributed by atoms with E-state index in [1.54, 1.807) is 38.5 Å². The summed E-state index contributed by atoms with van der Waals surface area (Å²) in [5.41, 5.74) is 0.855. The summed E-state index contributed by atoms with van der Waals surface area (Å²) in [5, 5.41) is 11.2. The number of aliphatic hydroxyl groups is 1. The molecule has 2 heterocycles. The van der Waals surface area contributed by atoms with Crippen LogP contribution in [0.2, 0.25) is 0 Å². The van der Waals surface area contributed by atoms with Crippen molar-refractivity contribution >= 4 is 27.5 Å². The molecule has 2 saturated heterocycles. The van der Waals surface area contributed by atoms with Gasteiger partial charge in [0.05, 0.1) is 23.6 Å². The fourth-order valence-corrected chi connectivity index (χ4v) is 6.33. The quantitative estimate of drug-likeness (QED) is 0.230. The van der Waals surface area contributed by atoms with Gasteiger partial charge in [0.15, 0.2) is 0 Å². The van der Waals surface area contributed by atoms with Gasteiger partial charge in [-0.15, -0.1) is 0 Å². The van der Waals surface area contributed by atoms with Crippen LogP contribution in [-0.4, -0.2) is 74.9 Å². The van der Waals surface area contributed by atoms with Gasteiger partial charge in [0, 0.05) is 38.9 Å². The van der Waals surface area contributed by atoms with Gasteiger partial charge in [0.2, 0.25) is 10.0 Å². The third-order valence-electron chi connectivity index (χ3n) is 6.80. The van der Waals surface area contributed by atoms with Gasteiger partial charge in [-0.05, 0) is 61.2 Å². The molecule has 0 unspecified atom stereocenters. The number of aliphatic hydroxyl groups excluding tert-OH is 1. The maximum atomic E-state index is 13.1. The number of likely N-dealkylation sites (tertiary alicyclic amines) is 1. The van der Waals surface area contributed by atoms with E-state index in [1.807, 2.05) is 0 Å². The Kier molecular flexibility index (Phi) is 8.31. The molecule has 1 atom stereocenters. The van der Waals surface area contributed by atoms with Crippen LogP contribution in [0, 0.1) is 0 Å². The molecule has 0 aliphatic carbocycles. The number of benzene rings is 2. The first-order valence-corrected chi connectivity index (χ1v) is 13.8. The first-order valence-electron chi connectivity index (χ1n) is 12.3.